The zero-order chi connectivity index (χ0) is 23.5. The number of carbonyl (C=O) groups is 2. The second-order valence-electron chi connectivity index (χ2n) is 8.02. The molecule has 1 heterocycles. The Labute approximate surface area is 193 Å². The van der Waals surface area contributed by atoms with E-state index >= 15 is 0 Å². The van der Waals surface area contributed by atoms with Crippen molar-refractivity contribution in [3.63, 3.8) is 0 Å². The topological polar surface area (TPSA) is 67.9 Å². The molecule has 0 fully saturated rings. The Hall–Kier alpha value is -4.06. The van der Waals surface area contributed by atoms with Gasteiger partial charge >= 0.3 is 0 Å². The van der Waals surface area contributed by atoms with E-state index < -0.39 is 5.91 Å². The van der Waals surface area contributed by atoms with Gasteiger partial charge < -0.3 is 14.8 Å². The first-order valence-electron chi connectivity index (χ1n) is 10.7. The van der Waals surface area contributed by atoms with E-state index in [2.05, 4.69) is 19.2 Å². The molecule has 2 amide bonds. The number of benzene rings is 3. The summed E-state index contributed by atoms with van der Waals surface area (Å²) in [5.41, 5.74) is 3.51. The number of hydrogen-bond donors (Lipinski definition) is 1. The van der Waals surface area contributed by atoms with Gasteiger partial charge in [-0.1, -0.05) is 38.1 Å². The van der Waals surface area contributed by atoms with Crippen molar-refractivity contribution in [2.75, 3.05) is 24.4 Å². The monoisotopic (exact) mass is 442 g/mol. The Morgan fingerprint density at radius 1 is 0.727 bits per heavy atom. The summed E-state index contributed by atoms with van der Waals surface area (Å²) in [6.45, 7) is 4.20. The number of carbonyl (C=O) groups excluding carboxylic acids is 2. The molecule has 0 saturated heterocycles. The van der Waals surface area contributed by atoms with Crippen molar-refractivity contribution in [2.45, 2.75) is 19.8 Å². The number of amides is 2. The van der Waals surface area contributed by atoms with E-state index in [4.69, 9.17) is 9.47 Å². The highest BCUT2D eigenvalue weighted by molar-refractivity contribution is 6.46. The first-order chi connectivity index (χ1) is 15.9. The van der Waals surface area contributed by atoms with Crippen LogP contribution in [0.4, 0.5) is 11.4 Å². The lowest BCUT2D eigenvalue weighted by Crippen LogP contribution is -2.32. The molecule has 3 aromatic carbocycles. The van der Waals surface area contributed by atoms with Gasteiger partial charge in [-0.05, 0) is 65.6 Å². The van der Waals surface area contributed by atoms with E-state index in [9.17, 15) is 9.59 Å². The first-order valence-corrected chi connectivity index (χ1v) is 10.7. The van der Waals surface area contributed by atoms with Crippen LogP contribution < -0.4 is 19.7 Å². The van der Waals surface area contributed by atoms with Crippen molar-refractivity contribution in [1.29, 1.82) is 0 Å². The van der Waals surface area contributed by atoms with Gasteiger partial charge in [0.2, 0.25) is 0 Å². The average molecular weight is 443 g/mol. The highest BCUT2D eigenvalue weighted by atomic mass is 16.5. The van der Waals surface area contributed by atoms with Crippen molar-refractivity contribution < 1.29 is 19.1 Å². The van der Waals surface area contributed by atoms with Gasteiger partial charge in [-0.25, -0.2) is 4.90 Å². The molecule has 0 spiro atoms. The van der Waals surface area contributed by atoms with Crippen LogP contribution in [0.1, 0.15) is 30.9 Å². The minimum Gasteiger partial charge on any atom is -0.497 e. The Kier molecular flexibility index (Phi) is 6.18. The summed E-state index contributed by atoms with van der Waals surface area (Å²) >= 11 is 0. The standard InChI is InChI=1S/C27H26N2O4/c1-17(2)18-5-11-21(12-6-18)29-26(30)24(19-7-13-22(32-3)14-8-19)25(27(29)31)28-20-9-15-23(33-4)16-10-20/h5-17,28H,1-4H3. The highest BCUT2D eigenvalue weighted by Crippen LogP contribution is 2.35. The maximum absolute atomic E-state index is 13.5. The quantitative estimate of drug-likeness (QED) is 0.508. The molecule has 4 rings (SSSR count). The van der Waals surface area contributed by atoms with Crippen LogP contribution in [0.5, 0.6) is 11.5 Å². The summed E-state index contributed by atoms with van der Waals surface area (Å²) in [4.78, 5) is 28.3. The summed E-state index contributed by atoms with van der Waals surface area (Å²) in [6.07, 6.45) is 0. The van der Waals surface area contributed by atoms with Gasteiger partial charge in [-0.15, -0.1) is 0 Å². The normalized spacial score (nSPS) is 13.7. The summed E-state index contributed by atoms with van der Waals surface area (Å²) in [5, 5.41) is 3.16. The number of ether oxygens (including phenoxy) is 2. The van der Waals surface area contributed by atoms with Crippen LogP contribution in [0.2, 0.25) is 0 Å². The lowest BCUT2D eigenvalue weighted by atomic mass is 10.0. The molecule has 0 aliphatic carbocycles. The number of nitrogens with zero attached hydrogens (tertiary/aromatic N) is 1. The van der Waals surface area contributed by atoms with Crippen LogP contribution in [0.25, 0.3) is 5.57 Å². The highest BCUT2D eigenvalue weighted by Gasteiger charge is 2.40. The Morgan fingerprint density at radius 2 is 1.27 bits per heavy atom. The number of hydrogen-bond acceptors (Lipinski definition) is 5. The van der Waals surface area contributed by atoms with E-state index in [1.807, 2.05) is 24.3 Å². The van der Waals surface area contributed by atoms with Crippen LogP contribution in [-0.4, -0.2) is 26.0 Å². The number of methoxy groups -OCH3 is 2. The molecular formula is C27H26N2O4. The molecular weight excluding hydrogens is 416 g/mol. The molecule has 0 saturated carbocycles. The van der Waals surface area contributed by atoms with Crippen molar-refractivity contribution in [3.05, 3.63) is 89.6 Å². The van der Waals surface area contributed by atoms with E-state index in [1.165, 1.54) is 4.90 Å². The molecule has 168 valence electrons. The van der Waals surface area contributed by atoms with E-state index in [-0.39, 0.29) is 11.6 Å². The lowest BCUT2D eigenvalue weighted by Gasteiger charge is -2.16. The molecule has 1 aliphatic heterocycles. The van der Waals surface area contributed by atoms with E-state index in [1.54, 1.807) is 62.8 Å². The average Bonchev–Trinajstić information content (AvgIpc) is 3.08. The Balaban J connectivity index is 1.76. The van der Waals surface area contributed by atoms with Crippen molar-refractivity contribution in [3.8, 4) is 11.5 Å². The minimum absolute atomic E-state index is 0.225. The summed E-state index contributed by atoms with van der Waals surface area (Å²) in [5.74, 6) is 0.939. The largest absolute Gasteiger partial charge is 0.497 e. The lowest BCUT2D eigenvalue weighted by molar-refractivity contribution is -0.120. The van der Waals surface area contributed by atoms with Gasteiger partial charge in [0.25, 0.3) is 11.8 Å². The second-order valence-corrected chi connectivity index (χ2v) is 8.02. The van der Waals surface area contributed by atoms with Gasteiger partial charge in [0.1, 0.15) is 17.2 Å². The second kappa shape index (κ2) is 9.20. The van der Waals surface area contributed by atoms with Crippen molar-refractivity contribution in [1.82, 2.24) is 0 Å². The third-order valence-electron chi connectivity index (χ3n) is 5.64. The van der Waals surface area contributed by atoms with E-state index in [0.29, 0.717) is 39.9 Å². The molecule has 0 unspecified atom stereocenters. The molecule has 3 aromatic rings. The van der Waals surface area contributed by atoms with Gasteiger partial charge in [0, 0.05) is 5.69 Å². The van der Waals surface area contributed by atoms with E-state index in [0.717, 1.165) is 5.56 Å². The van der Waals surface area contributed by atoms with Crippen LogP contribution in [0.3, 0.4) is 0 Å². The molecule has 0 atom stereocenters. The minimum atomic E-state index is -0.404. The third kappa shape index (κ3) is 4.32. The van der Waals surface area contributed by atoms with Gasteiger partial charge in [-0.2, -0.15) is 0 Å². The molecule has 0 bridgehead atoms. The van der Waals surface area contributed by atoms with Crippen molar-refractivity contribution >= 4 is 28.8 Å². The molecule has 0 aromatic heterocycles. The molecule has 6 nitrogen and oxygen atoms in total. The third-order valence-corrected chi connectivity index (χ3v) is 5.64. The van der Waals surface area contributed by atoms with Crippen LogP contribution in [-0.2, 0) is 9.59 Å². The van der Waals surface area contributed by atoms with Crippen molar-refractivity contribution in [2.24, 2.45) is 0 Å². The summed E-state index contributed by atoms with van der Waals surface area (Å²) in [7, 11) is 3.17. The van der Waals surface area contributed by atoms with Gasteiger partial charge in [-0.3, -0.25) is 9.59 Å². The fourth-order valence-electron chi connectivity index (χ4n) is 3.73. The van der Waals surface area contributed by atoms with Gasteiger partial charge in [0.15, 0.2) is 0 Å². The molecule has 1 aliphatic rings. The summed E-state index contributed by atoms with van der Waals surface area (Å²) in [6, 6.07) is 21.8. The van der Waals surface area contributed by atoms with Crippen LogP contribution in [0, 0.1) is 0 Å². The Bertz CT molecular complexity index is 1190. The molecule has 1 N–H and O–H groups in total. The predicted molar refractivity (Wildman–Crippen MR) is 130 cm³/mol. The number of rotatable bonds is 7. The number of anilines is 2. The smallest absolute Gasteiger partial charge is 0.282 e. The molecule has 33 heavy (non-hydrogen) atoms. The van der Waals surface area contributed by atoms with Gasteiger partial charge in [0.05, 0.1) is 25.5 Å². The maximum Gasteiger partial charge on any atom is 0.282 e. The fourth-order valence-corrected chi connectivity index (χ4v) is 3.73. The number of imide groups is 1. The first kappa shape index (κ1) is 22.1. The van der Waals surface area contributed by atoms with Crippen LogP contribution >= 0.6 is 0 Å². The Morgan fingerprint density at radius 3 is 1.79 bits per heavy atom. The summed E-state index contributed by atoms with van der Waals surface area (Å²) < 4.78 is 10.4. The number of nitrogens with one attached hydrogen (secondary N) is 1. The zero-order valence-corrected chi connectivity index (χ0v) is 19.1. The molecule has 0 radical (unpaired) electrons. The molecule has 6 heteroatoms. The zero-order valence-electron chi connectivity index (χ0n) is 19.1. The maximum atomic E-state index is 13.5. The van der Waals surface area contributed by atoms with Crippen LogP contribution in [0.15, 0.2) is 78.5 Å². The fraction of sp³-hybridized carbons (Fsp3) is 0.185. The predicted octanol–water partition coefficient (Wildman–Crippen LogP) is 5.22. The SMILES string of the molecule is COc1ccc(NC2=C(c3ccc(OC)cc3)C(=O)N(c3ccc(C(C)C)cc3)C2=O)cc1.